The largest absolute Gasteiger partial charge is 0.353 e. The molecule has 0 bridgehead atoms. The summed E-state index contributed by atoms with van der Waals surface area (Å²) >= 11 is 0. The molecular weight excluding hydrogens is 306 g/mol. The van der Waals surface area contributed by atoms with Crippen LogP contribution in [0.3, 0.4) is 0 Å². The van der Waals surface area contributed by atoms with Crippen molar-refractivity contribution in [1.82, 2.24) is 14.9 Å². The molecule has 0 saturated carbocycles. The zero-order valence-corrected chi connectivity index (χ0v) is 12.7. The first-order valence-electron chi connectivity index (χ1n) is 6.68. The molecule has 8 heteroatoms. The number of hydrogen-bond donors (Lipinski definition) is 2. The fourth-order valence-corrected chi connectivity index (χ4v) is 2.49. The van der Waals surface area contributed by atoms with Crippen molar-refractivity contribution in [2.24, 2.45) is 0 Å². The molecule has 0 spiro atoms. The monoisotopic (exact) mass is 323 g/mol. The Hall–Kier alpha value is -2.19. The smallest absolute Gasteiger partial charge is 0.254 e. The van der Waals surface area contributed by atoms with E-state index in [1.807, 2.05) is 0 Å². The molecule has 2 rings (SSSR count). The number of sulfonamides is 1. The van der Waals surface area contributed by atoms with Crippen LogP contribution in [0, 0.1) is 0 Å². The standard InChI is InChI=1S/C14H17N3O4S/c1-2-22(20,21)16-9-11-3-5-12(6-4-11)14(19)17-8-7-15-13(18)10-17/h2-6,16H,1,7-10H2,(H,15,18). The molecule has 0 aliphatic carbocycles. The third-order valence-electron chi connectivity index (χ3n) is 3.22. The van der Waals surface area contributed by atoms with Gasteiger partial charge in [-0.05, 0) is 17.7 Å². The maximum Gasteiger partial charge on any atom is 0.254 e. The topological polar surface area (TPSA) is 95.6 Å². The van der Waals surface area contributed by atoms with Gasteiger partial charge in [0.2, 0.25) is 15.9 Å². The Morgan fingerprint density at radius 3 is 2.64 bits per heavy atom. The summed E-state index contributed by atoms with van der Waals surface area (Å²) in [5, 5.41) is 3.50. The second-order valence-corrected chi connectivity index (χ2v) is 6.52. The van der Waals surface area contributed by atoms with E-state index < -0.39 is 10.0 Å². The minimum atomic E-state index is -3.47. The molecule has 0 aromatic heterocycles. The molecule has 0 atom stereocenters. The Kier molecular flexibility index (Phi) is 4.94. The highest BCUT2D eigenvalue weighted by molar-refractivity contribution is 7.92. The molecule has 7 nitrogen and oxygen atoms in total. The second kappa shape index (κ2) is 6.71. The number of nitrogens with zero attached hydrogens (tertiary/aromatic N) is 1. The van der Waals surface area contributed by atoms with Gasteiger partial charge >= 0.3 is 0 Å². The number of piperazine rings is 1. The molecule has 2 N–H and O–H groups in total. The quantitative estimate of drug-likeness (QED) is 0.786. The van der Waals surface area contributed by atoms with Gasteiger partial charge in [0.25, 0.3) is 5.91 Å². The van der Waals surface area contributed by atoms with Crippen LogP contribution in [0.15, 0.2) is 36.3 Å². The summed E-state index contributed by atoms with van der Waals surface area (Å²) in [5.41, 5.74) is 1.18. The lowest BCUT2D eigenvalue weighted by atomic mass is 10.1. The first kappa shape index (κ1) is 16.2. The highest BCUT2D eigenvalue weighted by atomic mass is 32.2. The van der Waals surface area contributed by atoms with Gasteiger partial charge in [-0.1, -0.05) is 18.7 Å². The number of rotatable bonds is 5. The summed E-state index contributed by atoms with van der Waals surface area (Å²) in [5.74, 6) is -0.386. The predicted molar refractivity (Wildman–Crippen MR) is 81.3 cm³/mol. The molecule has 0 unspecified atom stereocenters. The van der Waals surface area contributed by atoms with Gasteiger partial charge in [0.15, 0.2) is 0 Å². The van der Waals surface area contributed by atoms with Crippen LogP contribution in [0.4, 0.5) is 0 Å². The average molecular weight is 323 g/mol. The van der Waals surface area contributed by atoms with E-state index in [0.29, 0.717) is 18.7 Å². The first-order chi connectivity index (χ1) is 10.4. The maximum atomic E-state index is 12.2. The van der Waals surface area contributed by atoms with E-state index in [9.17, 15) is 18.0 Å². The number of benzene rings is 1. The molecule has 2 amide bonds. The highest BCUT2D eigenvalue weighted by Gasteiger charge is 2.22. The molecule has 118 valence electrons. The van der Waals surface area contributed by atoms with Crippen LogP contribution in [-0.4, -0.2) is 44.8 Å². The van der Waals surface area contributed by atoms with E-state index in [0.717, 1.165) is 11.0 Å². The van der Waals surface area contributed by atoms with Crippen LogP contribution in [0.5, 0.6) is 0 Å². The van der Waals surface area contributed by atoms with Crippen molar-refractivity contribution in [2.45, 2.75) is 6.54 Å². The summed E-state index contributed by atoms with van der Waals surface area (Å²) in [6.07, 6.45) is 0. The summed E-state index contributed by atoms with van der Waals surface area (Å²) in [7, 11) is -3.47. The van der Waals surface area contributed by atoms with Gasteiger partial charge in [0.1, 0.15) is 0 Å². The van der Waals surface area contributed by atoms with Gasteiger partial charge < -0.3 is 10.2 Å². The summed E-state index contributed by atoms with van der Waals surface area (Å²) in [6.45, 7) is 4.31. The van der Waals surface area contributed by atoms with E-state index in [4.69, 9.17) is 0 Å². The SMILES string of the molecule is C=CS(=O)(=O)NCc1ccc(C(=O)N2CCNC(=O)C2)cc1. The van der Waals surface area contributed by atoms with Crippen LogP contribution in [0.2, 0.25) is 0 Å². The number of amides is 2. The van der Waals surface area contributed by atoms with E-state index in [1.165, 1.54) is 4.90 Å². The van der Waals surface area contributed by atoms with Crippen molar-refractivity contribution in [1.29, 1.82) is 0 Å². The first-order valence-corrected chi connectivity index (χ1v) is 8.23. The fraction of sp³-hybridized carbons (Fsp3) is 0.286. The molecule has 1 heterocycles. The van der Waals surface area contributed by atoms with E-state index in [2.05, 4.69) is 16.6 Å². The van der Waals surface area contributed by atoms with E-state index >= 15 is 0 Å². The van der Waals surface area contributed by atoms with Crippen LogP contribution < -0.4 is 10.0 Å². The molecule has 22 heavy (non-hydrogen) atoms. The van der Waals surface area contributed by atoms with Gasteiger partial charge in [0.05, 0.1) is 6.54 Å². The van der Waals surface area contributed by atoms with Crippen LogP contribution in [0.25, 0.3) is 0 Å². The fourth-order valence-electron chi connectivity index (χ4n) is 2.00. The summed E-state index contributed by atoms with van der Waals surface area (Å²) < 4.78 is 24.9. The van der Waals surface area contributed by atoms with Gasteiger partial charge in [-0.3, -0.25) is 9.59 Å². The zero-order chi connectivity index (χ0) is 16.2. The second-order valence-electron chi connectivity index (χ2n) is 4.81. The van der Waals surface area contributed by atoms with E-state index in [1.54, 1.807) is 24.3 Å². The molecule has 1 aliphatic heterocycles. The number of carbonyl (C=O) groups excluding carboxylic acids is 2. The average Bonchev–Trinajstić information content (AvgIpc) is 2.53. The maximum absolute atomic E-state index is 12.2. The summed E-state index contributed by atoms with van der Waals surface area (Å²) in [6, 6.07) is 6.57. The molecule has 1 saturated heterocycles. The Morgan fingerprint density at radius 2 is 2.05 bits per heavy atom. The third kappa shape index (κ3) is 4.15. The van der Waals surface area contributed by atoms with E-state index in [-0.39, 0.29) is 24.9 Å². The number of nitrogens with one attached hydrogen (secondary N) is 2. The third-order valence-corrected chi connectivity index (χ3v) is 4.21. The Balaban J connectivity index is 2.00. The van der Waals surface area contributed by atoms with Crippen molar-refractivity contribution < 1.29 is 18.0 Å². The van der Waals surface area contributed by atoms with Gasteiger partial charge in [-0.15, -0.1) is 0 Å². The van der Waals surface area contributed by atoms with Gasteiger partial charge in [-0.2, -0.15) is 0 Å². The summed E-state index contributed by atoms with van der Waals surface area (Å²) in [4.78, 5) is 25.0. The van der Waals surface area contributed by atoms with Crippen LogP contribution in [0.1, 0.15) is 15.9 Å². The van der Waals surface area contributed by atoms with Gasteiger partial charge in [0, 0.05) is 30.6 Å². The van der Waals surface area contributed by atoms with Crippen molar-refractivity contribution in [2.75, 3.05) is 19.6 Å². The zero-order valence-electron chi connectivity index (χ0n) is 11.9. The van der Waals surface area contributed by atoms with Crippen molar-refractivity contribution in [3.05, 3.63) is 47.4 Å². The Labute approximate surface area is 129 Å². The molecule has 0 radical (unpaired) electrons. The van der Waals surface area contributed by atoms with Crippen molar-refractivity contribution >= 4 is 21.8 Å². The predicted octanol–water partition coefficient (Wildman–Crippen LogP) is -0.178. The normalized spacial score (nSPS) is 15.3. The molecule has 1 fully saturated rings. The lowest BCUT2D eigenvalue weighted by molar-refractivity contribution is -0.123. The Morgan fingerprint density at radius 1 is 1.36 bits per heavy atom. The van der Waals surface area contributed by atoms with Crippen molar-refractivity contribution in [3.63, 3.8) is 0 Å². The Bertz CT molecular complexity index is 683. The lowest BCUT2D eigenvalue weighted by Gasteiger charge is -2.26. The molecular formula is C14H17N3O4S. The van der Waals surface area contributed by atoms with Gasteiger partial charge in [-0.25, -0.2) is 13.1 Å². The number of carbonyl (C=O) groups is 2. The lowest BCUT2D eigenvalue weighted by Crippen LogP contribution is -2.49. The minimum Gasteiger partial charge on any atom is -0.353 e. The number of hydrogen-bond acceptors (Lipinski definition) is 4. The molecule has 1 aliphatic rings. The van der Waals surface area contributed by atoms with Crippen molar-refractivity contribution in [3.8, 4) is 0 Å². The molecule has 1 aromatic carbocycles. The van der Waals surface area contributed by atoms with Crippen LogP contribution in [-0.2, 0) is 21.4 Å². The molecule has 1 aromatic rings. The highest BCUT2D eigenvalue weighted by Crippen LogP contribution is 2.09. The minimum absolute atomic E-state index is 0.0553. The van der Waals surface area contributed by atoms with Crippen LogP contribution >= 0.6 is 0 Å².